The number of alkyl halides is 6. The molecule has 2 aliphatic heterocycles. The Morgan fingerprint density at radius 3 is 1.62 bits per heavy atom. The summed E-state index contributed by atoms with van der Waals surface area (Å²) in [6.07, 6.45) is 3.67. The van der Waals surface area contributed by atoms with Crippen LogP contribution in [0, 0.1) is 0 Å². The fourth-order valence-electron chi connectivity index (χ4n) is 8.64. The monoisotopic (exact) mass is 990 g/mol. The molecule has 8 heterocycles. The highest BCUT2D eigenvalue weighted by Crippen LogP contribution is 2.37. The number of hydrogen-bond donors (Lipinski definition) is 2. The Labute approximate surface area is 405 Å². The SMILES string of the molecule is CC1CCCN1c1cccc(Cc2cc(-c3ccccc3C(F)(F)F)nn3ccnc23)n1.CC1CCCN1c1cccc(Cc2cc(Cl)nn3ccnc23)n1.Cl.OB(O)c1ccccc1C(F)(F)F. The van der Waals surface area contributed by atoms with Crippen LogP contribution >= 0.6 is 24.0 Å². The molecule has 0 saturated carbocycles. The maximum atomic E-state index is 13.6. The fourth-order valence-corrected chi connectivity index (χ4v) is 8.86. The van der Waals surface area contributed by atoms with Crippen LogP contribution < -0.4 is 15.3 Å². The quantitative estimate of drug-likeness (QED) is 0.112. The molecule has 6 aromatic heterocycles. The first kappa shape index (κ1) is 50.6. The van der Waals surface area contributed by atoms with Gasteiger partial charge in [-0.3, -0.25) is 0 Å². The van der Waals surface area contributed by atoms with E-state index in [1.165, 1.54) is 41.6 Å². The number of fused-ring (bicyclic) bond motifs is 2. The van der Waals surface area contributed by atoms with E-state index in [4.69, 9.17) is 31.6 Å². The second-order valence-electron chi connectivity index (χ2n) is 16.6. The molecule has 2 aliphatic rings. The Bertz CT molecular complexity index is 3010. The van der Waals surface area contributed by atoms with Gasteiger partial charge in [0.2, 0.25) is 0 Å². The van der Waals surface area contributed by atoms with Crippen LogP contribution in [0.15, 0.2) is 122 Å². The van der Waals surface area contributed by atoms with Gasteiger partial charge in [-0.1, -0.05) is 66.2 Å². The second kappa shape index (κ2) is 21.6. The normalized spacial score (nSPS) is 15.9. The Morgan fingerprint density at radius 1 is 0.638 bits per heavy atom. The van der Waals surface area contributed by atoms with Crippen molar-refractivity contribution >= 4 is 59.5 Å². The molecule has 2 atom stereocenters. The van der Waals surface area contributed by atoms with Crippen LogP contribution in [-0.2, 0) is 25.2 Å². The minimum absolute atomic E-state index is 0. The molecule has 0 spiro atoms. The van der Waals surface area contributed by atoms with Crippen LogP contribution in [-0.4, -0.2) is 81.5 Å². The average Bonchev–Trinajstić information content (AvgIpc) is 4.15. The molecule has 2 saturated heterocycles. The number of pyridine rings is 2. The van der Waals surface area contributed by atoms with E-state index >= 15 is 0 Å². The molecule has 21 heteroatoms. The van der Waals surface area contributed by atoms with Crippen LogP contribution in [0.25, 0.3) is 22.6 Å². The summed E-state index contributed by atoms with van der Waals surface area (Å²) in [5.74, 6) is 2.00. The molecule has 0 amide bonds. The van der Waals surface area contributed by atoms with E-state index in [1.807, 2.05) is 24.3 Å². The molecular weight excluding hydrogens is 944 g/mol. The molecule has 69 heavy (non-hydrogen) atoms. The number of rotatable bonds is 8. The van der Waals surface area contributed by atoms with Crippen molar-refractivity contribution < 1.29 is 36.4 Å². The van der Waals surface area contributed by atoms with Gasteiger partial charge >= 0.3 is 19.5 Å². The van der Waals surface area contributed by atoms with Crippen LogP contribution in [0.5, 0.6) is 0 Å². The first-order valence-corrected chi connectivity index (χ1v) is 22.4. The summed E-state index contributed by atoms with van der Waals surface area (Å²) in [5, 5.41) is 26.3. The van der Waals surface area contributed by atoms with Gasteiger partial charge < -0.3 is 19.8 Å². The number of aromatic nitrogens is 8. The Hall–Kier alpha value is -6.28. The van der Waals surface area contributed by atoms with Gasteiger partial charge in [0.1, 0.15) is 16.8 Å². The molecule has 2 unspecified atom stereocenters. The molecule has 10 rings (SSSR count). The zero-order valence-corrected chi connectivity index (χ0v) is 38.9. The lowest BCUT2D eigenvalue weighted by Gasteiger charge is -2.23. The molecule has 0 aliphatic carbocycles. The Morgan fingerprint density at radius 2 is 1.13 bits per heavy atom. The van der Waals surface area contributed by atoms with E-state index in [0.717, 1.165) is 83.9 Å². The Kier molecular flexibility index (Phi) is 15.8. The van der Waals surface area contributed by atoms with Crippen molar-refractivity contribution in [3.05, 3.63) is 161 Å². The predicted octanol–water partition coefficient (Wildman–Crippen LogP) is 9.55. The van der Waals surface area contributed by atoms with Gasteiger partial charge in [0.25, 0.3) is 0 Å². The minimum Gasteiger partial charge on any atom is -0.423 e. The third-order valence-corrected chi connectivity index (χ3v) is 12.1. The minimum atomic E-state index is -4.56. The van der Waals surface area contributed by atoms with E-state index in [9.17, 15) is 26.3 Å². The summed E-state index contributed by atoms with van der Waals surface area (Å²) in [6, 6.07) is 26.6. The van der Waals surface area contributed by atoms with E-state index in [1.54, 1.807) is 41.4 Å². The number of anilines is 2. The highest BCUT2D eigenvalue weighted by molar-refractivity contribution is 6.59. The molecule has 8 aromatic rings. The molecule has 12 nitrogen and oxygen atoms in total. The van der Waals surface area contributed by atoms with Crippen molar-refractivity contribution in [1.82, 2.24) is 39.2 Å². The van der Waals surface area contributed by atoms with Crippen molar-refractivity contribution in [2.24, 2.45) is 0 Å². The van der Waals surface area contributed by atoms with E-state index < -0.39 is 36.1 Å². The lowest BCUT2D eigenvalue weighted by atomic mass is 9.77. The van der Waals surface area contributed by atoms with Gasteiger partial charge in [0.15, 0.2) is 11.3 Å². The van der Waals surface area contributed by atoms with Crippen molar-refractivity contribution in [2.45, 2.75) is 76.8 Å². The zero-order chi connectivity index (χ0) is 48.2. The third kappa shape index (κ3) is 12.0. The number of imidazole rings is 2. The molecular formula is C48H47BCl2F6N10O2. The van der Waals surface area contributed by atoms with Gasteiger partial charge in [-0.15, -0.1) is 12.4 Å². The summed E-state index contributed by atoms with van der Waals surface area (Å²) < 4.78 is 80.6. The summed E-state index contributed by atoms with van der Waals surface area (Å²) in [4.78, 5) is 23.1. The summed E-state index contributed by atoms with van der Waals surface area (Å²) in [5.41, 5.74) is 3.15. The standard InChI is InChI=1S/C24H22F3N5.C17H18ClN5.C7H6BF3O2.ClH/c1-16-6-5-12-31(16)22-10-4-7-18(29-22)14-17-15-21(30-32-13-11-28-23(17)32)19-8-2-3-9-20(19)24(25,26)27;1-12-4-3-8-22(12)16-6-2-5-14(20-16)10-13-11-15(18)21-23-9-7-19-17(13)23;9-7(10,11)5-3-1-2-4-6(5)8(12)13;/h2-4,7-11,13,15-16H,5-6,12,14H2,1H3;2,5-7,9,11-12H,3-4,8,10H2,1H3;1-4,12-13H;1H. The van der Waals surface area contributed by atoms with Crippen LogP contribution in [0.1, 0.15) is 73.2 Å². The number of nitrogens with zero attached hydrogens (tertiary/aromatic N) is 10. The van der Waals surface area contributed by atoms with E-state index in [0.29, 0.717) is 35.7 Å². The Balaban J connectivity index is 0.000000166. The van der Waals surface area contributed by atoms with E-state index in [2.05, 4.69) is 62.0 Å². The first-order chi connectivity index (χ1) is 32.5. The largest absolute Gasteiger partial charge is 0.489 e. The smallest absolute Gasteiger partial charge is 0.423 e. The highest BCUT2D eigenvalue weighted by atomic mass is 35.5. The lowest BCUT2D eigenvalue weighted by Crippen LogP contribution is -2.35. The topological polar surface area (TPSA) is 133 Å². The number of halogens is 8. The lowest BCUT2D eigenvalue weighted by molar-refractivity contribution is -0.137. The fraction of sp³-hybridized carbons (Fsp3) is 0.292. The molecule has 0 radical (unpaired) electrons. The van der Waals surface area contributed by atoms with Crippen LogP contribution in [0.4, 0.5) is 38.0 Å². The number of benzene rings is 2. The van der Waals surface area contributed by atoms with Gasteiger partial charge in [-0.2, -0.15) is 36.5 Å². The maximum absolute atomic E-state index is 13.6. The average molecular weight is 992 g/mol. The first-order valence-electron chi connectivity index (χ1n) is 22.0. The van der Waals surface area contributed by atoms with Crippen molar-refractivity contribution in [2.75, 3.05) is 22.9 Å². The van der Waals surface area contributed by atoms with Crippen molar-refractivity contribution in [3.8, 4) is 11.3 Å². The van der Waals surface area contributed by atoms with Gasteiger partial charge in [-0.05, 0) is 87.5 Å². The van der Waals surface area contributed by atoms with Gasteiger partial charge in [0, 0.05) is 90.9 Å². The third-order valence-electron chi connectivity index (χ3n) is 11.9. The summed E-state index contributed by atoms with van der Waals surface area (Å²) in [7, 11) is -2.10. The van der Waals surface area contributed by atoms with Crippen LogP contribution in [0.3, 0.4) is 0 Å². The van der Waals surface area contributed by atoms with E-state index in [-0.39, 0.29) is 23.7 Å². The van der Waals surface area contributed by atoms with Gasteiger partial charge in [0.05, 0.1) is 16.8 Å². The molecule has 2 aromatic carbocycles. The molecule has 2 fully saturated rings. The maximum Gasteiger partial charge on any atom is 0.489 e. The highest BCUT2D eigenvalue weighted by Gasteiger charge is 2.36. The second-order valence-corrected chi connectivity index (χ2v) is 17.0. The van der Waals surface area contributed by atoms with Gasteiger partial charge in [-0.25, -0.2) is 29.0 Å². The van der Waals surface area contributed by atoms with Crippen molar-refractivity contribution in [1.29, 1.82) is 0 Å². The molecule has 360 valence electrons. The summed E-state index contributed by atoms with van der Waals surface area (Å²) in [6.45, 7) is 6.53. The van der Waals surface area contributed by atoms with Crippen molar-refractivity contribution in [3.63, 3.8) is 0 Å². The predicted molar refractivity (Wildman–Crippen MR) is 256 cm³/mol. The van der Waals surface area contributed by atoms with Crippen LogP contribution in [0.2, 0.25) is 5.15 Å². The number of hydrogen-bond acceptors (Lipinski definition) is 10. The zero-order valence-electron chi connectivity index (χ0n) is 37.4. The molecule has 2 N–H and O–H groups in total. The molecule has 0 bridgehead atoms. The summed E-state index contributed by atoms with van der Waals surface area (Å²) >= 11 is 6.11.